The summed E-state index contributed by atoms with van der Waals surface area (Å²) >= 11 is 5.88. The van der Waals surface area contributed by atoms with E-state index in [9.17, 15) is 35.4 Å². The van der Waals surface area contributed by atoms with Gasteiger partial charge in [0.05, 0.1) is 15.6 Å². The molecule has 0 bridgehead atoms. The molecule has 9 N–H and O–H groups in total. The lowest BCUT2D eigenvalue weighted by molar-refractivity contribution is -0.305. The Morgan fingerprint density at radius 3 is 2.12 bits per heavy atom. The van der Waals surface area contributed by atoms with Crippen molar-refractivity contribution in [3.8, 4) is 46.0 Å². The third-order valence-corrected chi connectivity index (χ3v) is 4.92. The highest BCUT2D eigenvalue weighted by atomic mass is 79.9. The smallest absolute Gasteiger partial charge is 0.359 e. The molecule has 0 radical (unpaired) electrons. The Morgan fingerprint density at radius 1 is 1.00 bits per heavy atom. The quantitative estimate of drug-likeness (QED) is 0.111. The van der Waals surface area contributed by atoms with Gasteiger partial charge in [-0.3, -0.25) is 4.98 Å². The maximum Gasteiger partial charge on any atom is 0.359 e. The minimum absolute atomic E-state index is 0.249. The van der Waals surface area contributed by atoms with Crippen LogP contribution in [0.2, 0.25) is 0 Å². The van der Waals surface area contributed by atoms with Crippen LogP contribution in [0.5, 0.6) is 34.9 Å². The second-order valence-corrected chi connectivity index (χ2v) is 7.75. The van der Waals surface area contributed by atoms with Crippen LogP contribution in [0.25, 0.3) is 11.1 Å². The molecule has 0 saturated heterocycles. The normalized spacial score (nSPS) is 11.4. The molecule has 0 atom stereocenters. The van der Waals surface area contributed by atoms with Crippen molar-refractivity contribution in [2.75, 3.05) is 12.3 Å². The molecule has 0 saturated carbocycles. The molecule has 2 aromatic heterocycles. The summed E-state index contributed by atoms with van der Waals surface area (Å²) in [6.07, 6.45) is 2.66. The topological polar surface area (TPSA) is 237 Å². The number of aliphatic hydroxyl groups is 2. The van der Waals surface area contributed by atoms with E-state index in [0.29, 0.717) is 4.47 Å². The maximum atomic E-state index is 11.8. The number of ether oxygens (including phenoxy) is 2. The molecule has 0 unspecified atom stereocenters. The highest BCUT2D eigenvalue weighted by Gasteiger charge is 2.34. The number of nitrogens with zero attached hydrogens (tertiary/aromatic N) is 3. The standard InChI is InChI=1S/C16H13Br2N5O9/c17-4-1-20-15(21-2-4)31-3-16(29,30)32-13-6(12(19)22-14(28)23-13)5-8(24)10(26)7(18)11(27)9(5)25/h1-2,24-27,29-30H,3H2,(H3,19,22,23,28). The van der Waals surface area contributed by atoms with Crippen molar-refractivity contribution < 1.29 is 40.1 Å². The molecule has 3 rings (SSSR count). The van der Waals surface area contributed by atoms with Crippen molar-refractivity contribution in [2.45, 2.75) is 5.97 Å². The second-order valence-electron chi connectivity index (χ2n) is 6.04. The third kappa shape index (κ3) is 4.62. The molecular formula is C16H13Br2N5O9. The second kappa shape index (κ2) is 8.65. The van der Waals surface area contributed by atoms with E-state index >= 15 is 0 Å². The summed E-state index contributed by atoms with van der Waals surface area (Å²) in [7, 11) is 0. The van der Waals surface area contributed by atoms with Crippen LogP contribution < -0.4 is 20.9 Å². The number of anilines is 1. The molecule has 0 spiro atoms. The first-order valence-corrected chi connectivity index (χ1v) is 9.79. The highest BCUT2D eigenvalue weighted by molar-refractivity contribution is 9.11. The molecule has 0 aliphatic carbocycles. The number of hydrogen-bond donors (Lipinski definition) is 8. The lowest BCUT2D eigenvalue weighted by Gasteiger charge is -2.23. The molecule has 170 valence electrons. The number of aromatic amines is 1. The van der Waals surface area contributed by atoms with Gasteiger partial charge in [-0.05, 0) is 31.9 Å². The van der Waals surface area contributed by atoms with Crippen LogP contribution in [-0.4, -0.2) is 63.2 Å². The number of nitrogens with two attached hydrogens (primary N) is 1. The van der Waals surface area contributed by atoms with Crippen LogP contribution in [0.3, 0.4) is 0 Å². The highest BCUT2D eigenvalue weighted by Crippen LogP contribution is 2.55. The molecule has 0 aliphatic heterocycles. The number of H-pyrrole nitrogens is 1. The summed E-state index contributed by atoms with van der Waals surface area (Å²) in [5.74, 6) is -8.42. The molecular weight excluding hydrogens is 566 g/mol. The van der Waals surface area contributed by atoms with E-state index in [2.05, 4.69) is 46.8 Å². The minimum Gasteiger partial charge on any atom is -0.504 e. The number of aromatic hydroxyl groups is 4. The third-order valence-electron chi connectivity index (χ3n) is 3.76. The van der Waals surface area contributed by atoms with Gasteiger partial charge in [0.15, 0.2) is 29.6 Å². The number of phenolic OH excluding ortho intramolecular Hbond substituents is 4. The summed E-state index contributed by atoms with van der Waals surface area (Å²) in [6.45, 7) is -0.989. The average Bonchev–Trinajstić information content (AvgIpc) is 2.72. The molecule has 2 heterocycles. The van der Waals surface area contributed by atoms with Crippen molar-refractivity contribution in [3.63, 3.8) is 0 Å². The molecule has 14 nitrogen and oxygen atoms in total. The van der Waals surface area contributed by atoms with Gasteiger partial charge in [-0.25, -0.2) is 14.8 Å². The first kappa shape index (κ1) is 23.3. The lowest BCUT2D eigenvalue weighted by Crippen LogP contribution is -2.43. The predicted molar refractivity (Wildman–Crippen MR) is 112 cm³/mol. The Bertz CT molecular complexity index is 1210. The summed E-state index contributed by atoms with van der Waals surface area (Å²) in [5.41, 5.74) is 3.32. The zero-order valence-electron chi connectivity index (χ0n) is 15.4. The van der Waals surface area contributed by atoms with Crippen molar-refractivity contribution in [1.29, 1.82) is 0 Å². The SMILES string of the molecule is Nc1[nH]c(=O)nc(OC(O)(O)COc2ncc(Br)cn2)c1-c1c(O)c(O)c(Br)c(O)c1O. The van der Waals surface area contributed by atoms with Gasteiger partial charge in [-0.2, -0.15) is 4.98 Å². The monoisotopic (exact) mass is 577 g/mol. The number of phenols is 4. The Labute approximate surface area is 193 Å². The Hall–Kier alpha value is -3.34. The van der Waals surface area contributed by atoms with E-state index < -0.39 is 68.6 Å². The summed E-state index contributed by atoms with van der Waals surface area (Å²) in [5, 5.41) is 60.8. The van der Waals surface area contributed by atoms with E-state index in [-0.39, 0.29) is 6.01 Å². The predicted octanol–water partition coefficient (Wildman–Crippen LogP) is 0.253. The van der Waals surface area contributed by atoms with Crippen molar-refractivity contribution in [1.82, 2.24) is 19.9 Å². The van der Waals surface area contributed by atoms with Crippen LogP contribution >= 0.6 is 31.9 Å². The molecule has 0 fully saturated rings. The summed E-state index contributed by atoms with van der Waals surface area (Å²) in [6, 6.07) is -0.249. The number of nitrogens with one attached hydrogen (secondary N) is 1. The van der Waals surface area contributed by atoms with Gasteiger partial charge in [-0.15, -0.1) is 0 Å². The fourth-order valence-corrected chi connectivity index (χ4v) is 2.99. The summed E-state index contributed by atoms with van der Waals surface area (Å²) in [4.78, 5) is 24.7. The van der Waals surface area contributed by atoms with E-state index in [1.165, 1.54) is 12.4 Å². The van der Waals surface area contributed by atoms with Gasteiger partial charge >= 0.3 is 17.7 Å². The van der Waals surface area contributed by atoms with Gasteiger partial charge < -0.3 is 45.8 Å². The molecule has 0 aliphatic rings. The van der Waals surface area contributed by atoms with Crippen LogP contribution in [0.15, 0.2) is 26.1 Å². The Kier molecular flexibility index (Phi) is 6.31. The minimum atomic E-state index is -3.15. The zero-order chi connectivity index (χ0) is 23.8. The molecule has 1 aromatic carbocycles. The molecule has 3 aromatic rings. The van der Waals surface area contributed by atoms with Gasteiger partial charge in [0.1, 0.15) is 10.3 Å². The van der Waals surface area contributed by atoms with E-state index in [1.54, 1.807) is 0 Å². The molecule has 0 amide bonds. The molecule has 32 heavy (non-hydrogen) atoms. The largest absolute Gasteiger partial charge is 0.504 e. The number of hydrogen-bond acceptors (Lipinski definition) is 13. The fourth-order valence-electron chi connectivity index (χ4n) is 2.41. The summed E-state index contributed by atoms with van der Waals surface area (Å²) < 4.78 is 10.0. The van der Waals surface area contributed by atoms with E-state index in [0.717, 1.165) is 0 Å². The van der Waals surface area contributed by atoms with Crippen molar-refractivity contribution in [2.24, 2.45) is 0 Å². The van der Waals surface area contributed by atoms with Crippen LogP contribution in [0.4, 0.5) is 5.82 Å². The van der Waals surface area contributed by atoms with Gasteiger partial charge in [0.25, 0.3) is 0 Å². The Morgan fingerprint density at radius 2 is 1.56 bits per heavy atom. The number of halogens is 2. The van der Waals surface area contributed by atoms with Crippen LogP contribution in [0, 0.1) is 0 Å². The van der Waals surface area contributed by atoms with Crippen molar-refractivity contribution >= 4 is 37.7 Å². The average molecular weight is 579 g/mol. The van der Waals surface area contributed by atoms with Crippen LogP contribution in [0.1, 0.15) is 0 Å². The van der Waals surface area contributed by atoms with Crippen LogP contribution in [-0.2, 0) is 0 Å². The number of aromatic nitrogens is 4. The Balaban J connectivity index is 2.04. The first-order chi connectivity index (χ1) is 14.9. The van der Waals surface area contributed by atoms with E-state index in [4.69, 9.17) is 15.2 Å². The molecule has 16 heteroatoms. The first-order valence-electron chi connectivity index (χ1n) is 8.21. The number of rotatable bonds is 6. The fraction of sp³-hybridized carbons (Fsp3) is 0.125. The number of nitrogen functional groups attached to an aromatic ring is 1. The maximum absolute atomic E-state index is 11.8. The van der Waals surface area contributed by atoms with Gasteiger partial charge in [-0.1, -0.05) is 0 Å². The van der Waals surface area contributed by atoms with Gasteiger partial charge in [0.2, 0.25) is 5.88 Å². The van der Waals surface area contributed by atoms with Gasteiger partial charge in [0, 0.05) is 12.4 Å². The zero-order valence-corrected chi connectivity index (χ0v) is 18.6. The van der Waals surface area contributed by atoms with E-state index in [1.807, 2.05) is 4.98 Å². The lowest BCUT2D eigenvalue weighted by atomic mass is 10.0. The number of benzene rings is 1. The van der Waals surface area contributed by atoms with Crippen molar-refractivity contribution in [3.05, 3.63) is 31.8 Å².